The summed E-state index contributed by atoms with van der Waals surface area (Å²) in [7, 11) is 0. The molecular weight excluding hydrogens is 224 g/mol. The third-order valence-electron chi connectivity index (χ3n) is 3.53. The van der Waals surface area contributed by atoms with Crippen LogP contribution in [0, 0.1) is 6.92 Å². The van der Waals surface area contributed by atoms with Crippen LogP contribution in [0.2, 0.25) is 0 Å². The van der Waals surface area contributed by atoms with Gasteiger partial charge in [-0.25, -0.2) is 9.97 Å². The van der Waals surface area contributed by atoms with Gasteiger partial charge in [-0.05, 0) is 33.1 Å². The molecule has 0 aliphatic heterocycles. The molecular formula is C14H24N4. The smallest absolute Gasteiger partial charge is 0.132 e. The first-order valence-electron chi connectivity index (χ1n) is 6.99. The van der Waals surface area contributed by atoms with E-state index < -0.39 is 0 Å². The summed E-state index contributed by atoms with van der Waals surface area (Å²) in [5.41, 5.74) is 0.211. The zero-order chi connectivity index (χ0) is 13.0. The van der Waals surface area contributed by atoms with Crippen LogP contribution in [0.3, 0.4) is 0 Å². The summed E-state index contributed by atoms with van der Waals surface area (Å²) in [4.78, 5) is 8.89. The average Bonchev–Trinajstić information content (AvgIpc) is 2.72. The quantitative estimate of drug-likeness (QED) is 0.839. The molecule has 1 aromatic heterocycles. The van der Waals surface area contributed by atoms with E-state index in [1.165, 1.54) is 25.7 Å². The first kappa shape index (κ1) is 13.1. The Balaban J connectivity index is 2.09. The van der Waals surface area contributed by atoms with Crippen LogP contribution in [-0.4, -0.2) is 22.1 Å². The van der Waals surface area contributed by atoms with E-state index in [-0.39, 0.29) is 5.54 Å². The molecule has 1 heterocycles. The third-order valence-corrected chi connectivity index (χ3v) is 3.53. The first-order valence-corrected chi connectivity index (χ1v) is 6.99. The van der Waals surface area contributed by atoms with Gasteiger partial charge in [-0.1, -0.05) is 19.8 Å². The Kier molecular flexibility index (Phi) is 4.04. The SMILES string of the molecule is CCCNc1cc(NC2(C)CCCC2)nc(C)n1. The van der Waals surface area contributed by atoms with Crippen molar-refractivity contribution in [2.24, 2.45) is 0 Å². The summed E-state index contributed by atoms with van der Waals surface area (Å²) in [6.07, 6.45) is 6.19. The van der Waals surface area contributed by atoms with Crippen molar-refractivity contribution in [2.45, 2.75) is 58.4 Å². The van der Waals surface area contributed by atoms with Crippen molar-refractivity contribution in [3.8, 4) is 0 Å². The number of nitrogens with one attached hydrogen (secondary N) is 2. The van der Waals surface area contributed by atoms with E-state index in [4.69, 9.17) is 0 Å². The lowest BCUT2D eigenvalue weighted by Crippen LogP contribution is -2.31. The molecule has 0 amide bonds. The molecule has 1 saturated carbocycles. The Morgan fingerprint density at radius 2 is 1.89 bits per heavy atom. The summed E-state index contributed by atoms with van der Waals surface area (Å²) in [5, 5.41) is 6.91. The van der Waals surface area contributed by atoms with Crippen LogP contribution in [-0.2, 0) is 0 Å². The molecule has 1 fully saturated rings. The van der Waals surface area contributed by atoms with Gasteiger partial charge < -0.3 is 10.6 Å². The third kappa shape index (κ3) is 3.34. The molecule has 1 aliphatic rings. The lowest BCUT2D eigenvalue weighted by atomic mass is 10.0. The van der Waals surface area contributed by atoms with E-state index in [0.717, 1.165) is 30.4 Å². The molecule has 0 spiro atoms. The molecule has 1 aromatic rings. The van der Waals surface area contributed by atoms with Crippen molar-refractivity contribution < 1.29 is 0 Å². The predicted octanol–water partition coefficient (Wildman–Crippen LogP) is 3.35. The molecule has 4 nitrogen and oxygen atoms in total. The summed E-state index contributed by atoms with van der Waals surface area (Å²) >= 11 is 0. The number of hydrogen-bond acceptors (Lipinski definition) is 4. The van der Waals surface area contributed by atoms with Crippen molar-refractivity contribution in [1.82, 2.24) is 9.97 Å². The van der Waals surface area contributed by atoms with E-state index in [1.54, 1.807) is 0 Å². The fraction of sp³-hybridized carbons (Fsp3) is 0.714. The average molecular weight is 248 g/mol. The lowest BCUT2D eigenvalue weighted by Gasteiger charge is -2.26. The normalized spacial score (nSPS) is 17.7. The summed E-state index contributed by atoms with van der Waals surface area (Å²) in [6, 6.07) is 2.02. The second-order valence-electron chi connectivity index (χ2n) is 5.51. The van der Waals surface area contributed by atoms with E-state index >= 15 is 0 Å². The fourth-order valence-electron chi connectivity index (χ4n) is 2.56. The standard InChI is InChI=1S/C14H24N4/c1-4-9-15-12-10-13(17-11(2)16-12)18-14(3)7-5-6-8-14/h10H,4-9H2,1-3H3,(H2,15,16,17,18). The maximum atomic E-state index is 4.49. The minimum absolute atomic E-state index is 0.211. The zero-order valence-corrected chi connectivity index (χ0v) is 11.7. The zero-order valence-electron chi connectivity index (χ0n) is 11.7. The number of aromatic nitrogens is 2. The molecule has 0 aromatic carbocycles. The Bertz CT molecular complexity index is 397. The van der Waals surface area contributed by atoms with Crippen LogP contribution >= 0.6 is 0 Å². The highest BCUT2D eigenvalue weighted by Crippen LogP contribution is 2.32. The van der Waals surface area contributed by atoms with Gasteiger partial charge in [0.25, 0.3) is 0 Å². The summed E-state index contributed by atoms with van der Waals surface area (Å²) in [6.45, 7) is 7.34. The molecule has 0 saturated heterocycles. The summed E-state index contributed by atoms with van der Waals surface area (Å²) in [5.74, 6) is 2.69. The number of rotatable bonds is 5. The Morgan fingerprint density at radius 3 is 2.56 bits per heavy atom. The van der Waals surface area contributed by atoms with E-state index in [1.807, 2.05) is 13.0 Å². The number of nitrogens with zero attached hydrogens (tertiary/aromatic N) is 2. The fourth-order valence-corrected chi connectivity index (χ4v) is 2.56. The Morgan fingerprint density at radius 1 is 1.22 bits per heavy atom. The highest BCUT2D eigenvalue weighted by atomic mass is 15.1. The molecule has 1 aliphatic carbocycles. The first-order chi connectivity index (χ1) is 8.61. The second-order valence-corrected chi connectivity index (χ2v) is 5.51. The molecule has 100 valence electrons. The van der Waals surface area contributed by atoms with Gasteiger partial charge in [0.05, 0.1) is 0 Å². The van der Waals surface area contributed by atoms with Gasteiger partial charge in [0.2, 0.25) is 0 Å². The number of anilines is 2. The molecule has 0 unspecified atom stereocenters. The molecule has 0 radical (unpaired) electrons. The molecule has 18 heavy (non-hydrogen) atoms. The lowest BCUT2D eigenvalue weighted by molar-refractivity contribution is 0.530. The minimum Gasteiger partial charge on any atom is -0.370 e. The molecule has 4 heteroatoms. The van der Waals surface area contributed by atoms with Crippen LogP contribution in [0.4, 0.5) is 11.6 Å². The maximum absolute atomic E-state index is 4.49. The monoisotopic (exact) mass is 248 g/mol. The second kappa shape index (κ2) is 5.55. The largest absolute Gasteiger partial charge is 0.370 e. The van der Waals surface area contributed by atoms with Crippen molar-refractivity contribution in [3.05, 3.63) is 11.9 Å². The highest BCUT2D eigenvalue weighted by molar-refractivity contribution is 5.49. The van der Waals surface area contributed by atoms with Crippen LogP contribution in [0.15, 0.2) is 6.07 Å². The number of hydrogen-bond donors (Lipinski definition) is 2. The van der Waals surface area contributed by atoms with Crippen molar-refractivity contribution >= 4 is 11.6 Å². The van der Waals surface area contributed by atoms with Gasteiger partial charge in [0, 0.05) is 18.2 Å². The van der Waals surface area contributed by atoms with Gasteiger partial charge >= 0.3 is 0 Å². The van der Waals surface area contributed by atoms with Gasteiger partial charge in [0.1, 0.15) is 17.5 Å². The van der Waals surface area contributed by atoms with Crippen LogP contribution in [0.1, 0.15) is 51.8 Å². The number of aryl methyl sites for hydroxylation is 1. The van der Waals surface area contributed by atoms with E-state index in [2.05, 4.69) is 34.4 Å². The van der Waals surface area contributed by atoms with Crippen molar-refractivity contribution in [1.29, 1.82) is 0 Å². The topological polar surface area (TPSA) is 49.8 Å². The summed E-state index contributed by atoms with van der Waals surface area (Å²) < 4.78 is 0. The van der Waals surface area contributed by atoms with E-state index in [9.17, 15) is 0 Å². The van der Waals surface area contributed by atoms with Gasteiger partial charge in [-0.3, -0.25) is 0 Å². The predicted molar refractivity (Wildman–Crippen MR) is 76.0 cm³/mol. The van der Waals surface area contributed by atoms with Crippen molar-refractivity contribution in [3.63, 3.8) is 0 Å². The maximum Gasteiger partial charge on any atom is 0.132 e. The molecule has 2 rings (SSSR count). The van der Waals surface area contributed by atoms with Gasteiger partial charge in [0.15, 0.2) is 0 Å². The Labute approximate surface area is 110 Å². The van der Waals surface area contributed by atoms with E-state index in [0.29, 0.717) is 0 Å². The van der Waals surface area contributed by atoms with Crippen LogP contribution < -0.4 is 10.6 Å². The minimum atomic E-state index is 0.211. The molecule has 2 N–H and O–H groups in total. The Hall–Kier alpha value is -1.32. The van der Waals surface area contributed by atoms with Gasteiger partial charge in [-0.2, -0.15) is 0 Å². The van der Waals surface area contributed by atoms with Gasteiger partial charge in [-0.15, -0.1) is 0 Å². The molecule has 0 bridgehead atoms. The van der Waals surface area contributed by atoms with Crippen LogP contribution in [0.5, 0.6) is 0 Å². The van der Waals surface area contributed by atoms with Crippen LogP contribution in [0.25, 0.3) is 0 Å². The highest BCUT2D eigenvalue weighted by Gasteiger charge is 2.28. The molecule has 0 atom stereocenters. The van der Waals surface area contributed by atoms with Crippen molar-refractivity contribution in [2.75, 3.05) is 17.2 Å².